The maximum absolute atomic E-state index is 11.8. The standard InChI is InChI=1S/C16H17N3O2/c1-4-21-16(20)13-9-12-14(17-13)15(19(3)18-12)11-7-5-10(2)6-8-11/h5-9,17H,4H2,1-3H3. The number of nitrogens with one attached hydrogen (secondary N) is 1. The highest BCUT2D eigenvalue weighted by atomic mass is 16.5. The van der Waals surface area contributed by atoms with Crippen LogP contribution in [0.25, 0.3) is 22.3 Å². The van der Waals surface area contributed by atoms with Gasteiger partial charge in [-0.3, -0.25) is 4.68 Å². The fourth-order valence-corrected chi connectivity index (χ4v) is 2.44. The normalized spacial score (nSPS) is 11.0. The number of carbonyl (C=O) groups is 1. The first-order valence-corrected chi connectivity index (χ1v) is 6.90. The minimum absolute atomic E-state index is 0.354. The van der Waals surface area contributed by atoms with E-state index in [2.05, 4.69) is 41.3 Å². The Morgan fingerprint density at radius 2 is 2.05 bits per heavy atom. The Balaban J connectivity index is 2.11. The largest absolute Gasteiger partial charge is 0.461 e. The first-order chi connectivity index (χ1) is 10.1. The van der Waals surface area contributed by atoms with Crippen LogP contribution in [-0.2, 0) is 11.8 Å². The zero-order chi connectivity index (χ0) is 15.0. The summed E-state index contributed by atoms with van der Waals surface area (Å²) in [6.07, 6.45) is 0. The van der Waals surface area contributed by atoms with Gasteiger partial charge >= 0.3 is 5.97 Å². The van der Waals surface area contributed by atoms with Crippen LogP contribution >= 0.6 is 0 Å². The van der Waals surface area contributed by atoms with Gasteiger partial charge in [-0.05, 0) is 19.9 Å². The van der Waals surface area contributed by atoms with Crippen molar-refractivity contribution in [2.45, 2.75) is 13.8 Å². The quantitative estimate of drug-likeness (QED) is 0.751. The van der Waals surface area contributed by atoms with Crippen molar-refractivity contribution in [3.05, 3.63) is 41.6 Å². The van der Waals surface area contributed by atoms with Gasteiger partial charge in [-0.15, -0.1) is 0 Å². The molecule has 0 fully saturated rings. The molecule has 0 aliphatic rings. The van der Waals surface area contributed by atoms with Gasteiger partial charge in [-0.2, -0.15) is 5.10 Å². The third-order valence-corrected chi connectivity index (χ3v) is 3.44. The zero-order valence-corrected chi connectivity index (χ0v) is 12.3. The third kappa shape index (κ3) is 2.31. The minimum atomic E-state index is -0.354. The van der Waals surface area contributed by atoms with Crippen LogP contribution < -0.4 is 0 Å². The summed E-state index contributed by atoms with van der Waals surface area (Å²) >= 11 is 0. The van der Waals surface area contributed by atoms with Crippen LogP contribution in [0.5, 0.6) is 0 Å². The number of aryl methyl sites for hydroxylation is 2. The third-order valence-electron chi connectivity index (χ3n) is 3.44. The summed E-state index contributed by atoms with van der Waals surface area (Å²) in [6, 6.07) is 9.95. The maximum atomic E-state index is 11.8. The smallest absolute Gasteiger partial charge is 0.354 e. The van der Waals surface area contributed by atoms with Crippen LogP contribution in [0.15, 0.2) is 30.3 Å². The van der Waals surface area contributed by atoms with Crippen molar-refractivity contribution in [1.82, 2.24) is 14.8 Å². The zero-order valence-electron chi connectivity index (χ0n) is 12.3. The molecule has 3 aromatic rings. The first-order valence-electron chi connectivity index (χ1n) is 6.90. The average Bonchev–Trinajstić information content (AvgIpc) is 2.97. The van der Waals surface area contributed by atoms with Crippen molar-refractivity contribution in [2.24, 2.45) is 7.05 Å². The molecule has 0 amide bonds. The lowest BCUT2D eigenvalue weighted by molar-refractivity contribution is 0.0520. The van der Waals surface area contributed by atoms with Crippen molar-refractivity contribution in [2.75, 3.05) is 6.61 Å². The summed E-state index contributed by atoms with van der Waals surface area (Å²) in [7, 11) is 1.90. The van der Waals surface area contributed by atoms with Gasteiger partial charge in [-0.25, -0.2) is 4.79 Å². The second kappa shape index (κ2) is 5.09. The van der Waals surface area contributed by atoms with E-state index in [-0.39, 0.29) is 5.97 Å². The lowest BCUT2D eigenvalue weighted by atomic mass is 10.1. The van der Waals surface area contributed by atoms with E-state index >= 15 is 0 Å². The fraction of sp³-hybridized carbons (Fsp3) is 0.250. The predicted octanol–water partition coefficient (Wildman–Crippen LogP) is 3.05. The highest BCUT2D eigenvalue weighted by Gasteiger charge is 2.17. The number of fused-ring (bicyclic) bond motifs is 1. The molecular weight excluding hydrogens is 266 g/mol. The lowest BCUT2D eigenvalue weighted by Crippen LogP contribution is -2.05. The Bertz CT molecular complexity index is 797. The van der Waals surface area contributed by atoms with Gasteiger partial charge in [0.1, 0.15) is 11.2 Å². The predicted molar refractivity (Wildman–Crippen MR) is 81.2 cm³/mol. The first kappa shape index (κ1) is 13.4. The van der Waals surface area contributed by atoms with Crippen LogP contribution in [0.3, 0.4) is 0 Å². The number of hydrogen-bond acceptors (Lipinski definition) is 3. The van der Waals surface area contributed by atoms with Crippen molar-refractivity contribution in [3.63, 3.8) is 0 Å². The van der Waals surface area contributed by atoms with E-state index in [4.69, 9.17) is 4.74 Å². The maximum Gasteiger partial charge on any atom is 0.354 e. The average molecular weight is 283 g/mol. The monoisotopic (exact) mass is 283 g/mol. The number of benzene rings is 1. The summed E-state index contributed by atoms with van der Waals surface area (Å²) in [5.74, 6) is -0.354. The Morgan fingerprint density at radius 1 is 1.33 bits per heavy atom. The number of hydrogen-bond donors (Lipinski definition) is 1. The molecular formula is C16H17N3O2. The van der Waals surface area contributed by atoms with Gasteiger partial charge in [0.2, 0.25) is 0 Å². The molecule has 3 rings (SSSR count). The number of aromatic nitrogens is 3. The van der Waals surface area contributed by atoms with E-state index in [1.54, 1.807) is 13.0 Å². The molecule has 0 aliphatic heterocycles. The summed E-state index contributed by atoms with van der Waals surface area (Å²) in [6.45, 7) is 4.20. The van der Waals surface area contributed by atoms with Crippen LogP contribution in [0, 0.1) is 6.92 Å². The molecule has 0 atom stereocenters. The number of rotatable bonds is 3. The Morgan fingerprint density at radius 3 is 2.71 bits per heavy atom. The number of nitrogens with zero attached hydrogens (tertiary/aromatic N) is 2. The van der Waals surface area contributed by atoms with E-state index in [0.29, 0.717) is 12.3 Å². The molecule has 0 radical (unpaired) electrons. The molecule has 0 bridgehead atoms. The van der Waals surface area contributed by atoms with Crippen LogP contribution in [-0.4, -0.2) is 27.3 Å². The summed E-state index contributed by atoms with van der Waals surface area (Å²) < 4.78 is 6.83. The molecule has 21 heavy (non-hydrogen) atoms. The molecule has 2 heterocycles. The van der Waals surface area contributed by atoms with Gasteiger partial charge in [-0.1, -0.05) is 29.8 Å². The molecule has 1 aromatic carbocycles. The van der Waals surface area contributed by atoms with E-state index in [0.717, 1.165) is 22.3 Å². The molecule has 0 saturated carbocycles. The minimum Gasteiger partial charge on any atom is -0.461 e. The summed E-state index contributed by atoms with van der Waals surface area (Å²) in [5, 5.41) is 4.45. The number of carbonyl (C=O) groups excluding carboxylic acids is 1. The van der Waals surface area contributed by atoms with Crippen molar-refractivity contribution in [1.29, 1.82) is 0 Å². The van der Waals surface area contributed by atoms with Gasteiger partial charge in [0, 0.05) is 12.6 Å². The molecule has 0 unspecified atom stereocenters. The lowest BCUT2D eigenvalue weighted by Gasteiger charge is -2.03. The molecule has 1 N–H and O–H groups in total. The van der Waals surface area contributed by atoms with Crippen molar-refractivity contribution in [3.8, 4) is 11.3 Å². The summed E-state index contributed by atoms with van der Waals surface area (Å²) in [4.78, 5) is 14.9. The number of H-pyrrole nitrogens is 1. The molecule has 2 aromatic heterocycles. The number of ether oxygens (including phenoxy) is 1. The molecule has 0 aliphatic carbocycles. The van der Waals surface area contributed by atoms with Gasteiger partial charge in [0.25, 0.3) is 0 Å². The second-order valence-electron chi connectivity index (χ2n) is 5.00. The van der Waals surface area contributed by atoms with Gasteiger partial charge in [0.05, 0.1) is 17.8 Å². The van der Waals surface area contributed by atoms with Crippen molar-refractivity contribution >= 4 is 17.0 Å². The van der Waals surface area contributed by atoms with Crippen LogP contribution in [0.4, 0.5) is 0 Å². The Hall–Kier alpha value is -2.56. The highest BCUT2D eigenvalue weighted by Crippen LogP contribution is 2.28. The summed E-state index contributed by atoms with van der Waals surface area (Å²) in [5.41, 5.74) is 5.27. The molecule has 0 saturated heterocycles. The number of esters is 1. The van der Waals surface area contributed by atoms with E-state index in [1.165, 1.54) is 5.56 Å². The highest BCUT2D eigenvalue weighted by molar-refractivity contribution is 5.98. The van der Waals surface area contributed by atoms with E-state index < -0.39 is 0 Å². The SMILES string of the molecule is CCOC(=O)c1cc2nn(C)c(-c3ccc(C)cc3)c2[nH]1. The van der Waals surface area contributed by atoms with Gasteiger partial charge in [0.15, 0.2) is 0 Å². The van der Waals surface area contributed by atoms with Crippen LogP contribution in [0.2, 0.25) is 0 Å². The number of aromatic amines is 1. The van der Waals surface area contributed by atoms with Crippen molar-refractivity contribution < 1.29 is 9.53 Å². The Kier molecular flexibility index (Phi) is 3.25. The molecule has 108 valence electrons. The molecule has 5 heteroatoms. The van der Waals surface area contributed by atoms with Gasteiger partial charge < -0.3 is 9.72 Å². The molecule has 5 nitrogen and oxygen atoms in total. The van der Waals surface area contributed by atoms with E-state index in [1.807, 2.05) is 11.7 Å². The van der Waals surface area contributed by atoms with E-state index in [9.17, 15) is 4.79 Å². The molecule has 0 spiro atoms. The second-order valence-corrected chi connectivity index (χ2v) is 5.00. The van der Waals surface area contributed by atoms with Crippen LogP contribution in [0.1, 0.15) is 23.0 Å². The fourth-order valence-electron chi connectivity index (χ4n) is 2.44. The topological polar surface area (TPSA) is 59.9 Å². The Labute approximate surface area is 122 Å².